The molecule has 0 aliphatic carbocycles. The number of ether oxygens (including phenoxy) is 1. The molecule has 0 radical (unpaired) electrons. The van der Waals surface area contributed by atoms with Crippen molar-refractivity contribution in [2.75, 3.05) is 36.5 Å². The lowest BCUT2D eigenvalue weighted by Gasteiger charge is -2.29. The van der Waals surface area contributed by atoms with E-state index in [1.165, 1.54) is 18.3 Å². The van der Waals surface area contributed by atoms with Crippen molar-refractivity contribution < 1.29 is 27.5 Å². The number of carbonyl (C=O) groups is 2. The summed E-state index contributed by atoms with van der Waals surface area (Å²) in [6.45, 7) is 3.21. The summed E-state index contributed by atoms with van der Waals surface area (Å²) >= 11 is 0. The van der Waals surface area contributed by atoms with Gasteiger partial charge in [-0.2, -0.15) is 13.2 Å². The Morgan fingerprint density at radius 3 is 2.48 bits per heavy atom. The molecule has 0 unspecified atom stereocenters. The van der Waals surface area contributed by atoms with E-state index in [1.807, 2.05) is 0 Å². The highest BCUT2D eigenvalue weighted by atomic mass is 19.4. The first-order valence-electron chi connectivity index (χ1n) is 8.78. The maximum Gasteiger partial charge on any atom is 0.416 e. The third-order valence-corrected chi connectivity index (χ3v) is 4.49. The summed E-state index contributed by atoms with van der Waals surface area (Å²) in [6, 6.07) is 4.53. The molecule has 154 valence electrons. The number of aryl methyl sites for hydroxylation is 1. The highest BCUT2D eigenvalue weighted by Crippen LogP contribution is 2.33. The van der Waals surface area contributed by atoms with Crippen molar-refractivity contribution in [1.82, 2.24) is 4.98 Å². The minimum absolute atomic E-state index is 0.112. The largest absolute Gasteiger partial charge is 0.416 e. The van der Waals surface area contributed by atoms with Crippen molar-refractivity contribution in [2.24, 2.45) is 5.73 Å². The molecule has 0 atom stereocenters. The topological polar surface area (TPSA) is 97.6 Å². The standard InChI is InChI=1S/C19H19F3N4O3/c1-11-16(17(23)27)9-14(10-24-11)25-18(28)12-6-13(19(20,21)22)8-15(7-12)26-2-4-29-5-3-26/h6-10H,2-5H2,1H3,(H2,23,27)(H,25,28). The predicted octanol–water partition coefficient (Wildman–Crippen LogP) is 2.60. The molecule has 7 nitrogen and oxygen atoms in total. The number of pyridine rings is 1. The van der Waals surface area contributed by atoms with Gasteiger partial charge in [0.1, 0.15) is 0 Å². The number of amides is 2. The van der Waals surface area contributed by atoms with E-state index in [-0.39, 0.29) is 22.5 Å². The SMILES string of the molecule is Cc1ncc(NC(=O)c2cc(N3CCOCC3)cc(C(F)(F)F)c2)cc1C(N)=O. The van der Waals surface area contributed by atoms with Crippen LogP contribution in [0.1, 0.15) is 32.0 Å². The van der Waals surface area contributed by atoms with E-state index in [4.69, 9.17) is 10.5 Å². The molecule has 0 spiro atoms. The Labute approximate surface area is 164 Å². The molecule has 3 rings (SSSR count). The lowest BCUT2D eigenvalue weighted by atomic mass is 10.1. The van der Waals surface area contributed by atoms with Gasteiger partial charge in [0, 0.05) is 24.3 Å². The van der Waals surface area contributed by atoms with E-state index in [2.05, 4.69) is 10.3 Å². The van der Waals surface area contributed by atoms with E-state index < -0.39 is 23.6 Å². The molecular formula is C19H19F3N4O3. The quantitative estimate of drug-likeness (QED) is 0.811. The molecule has 3 N–H and O–H groups in total. The van der Waals surface area contributed by atoms with Gasteiger partial charge in [0.25, 0.3) is 11.8 Å². The molecule has 2 amide bonds. The van der Waals surface area contributed by atoms with Gasteiger partial charge in [-0.1, -0.05) is 0 Å². The van der Waals surface area contributed by atoms with Crippen LogP contribution < -0.4 is 16.0 Å². The fourth-order valence-electron chi connectivity index (χ4n) is 2.96. The number of primary amides is 1. The highest BCUT2D eigenvalue weighted by molar-refractivity contribution is 6.05. The number of carbonyl (C=O) groups excluding carboxylic acids is 2. The number of nitrogens with zero attached hydrogens (tertiary/aromatic N) is 2. The van der Waals surface area contributed by atoms with Gasteiger partial charge in [-0.15, -0.1) is 0 Å². The summed E-state index contributed by atoms with van der Waals surface area (Å²) in [4.78, 5) is 29.8. The van der Waals surface area contributed by atoms with Crippen LogP contribution in [0.4, 0.5) is 24.5 Å². The zero-order chi connectivity index (χ0) is 21.2. The molecule has 1 saturated heterocycles. The Bertz CT molecular complexity index is 941. The van der Waals surface area contributed by atoms with Gasteiger partial charge < -0.3 is 20.7 Å². The molecular weight excluding hydrogens is 389 g/mol. The Balaban J connectivity index is 1.93. The van der Waals surface area contributed by atoms with E-state index in [1.54, 1.807) is 11.8 Å². The van der Waals surface area contributed by atoms with Crippen molar-refractivity contribution >= 4 is 23.2 Å². The van der Waals surface area contributed by atoms with E-state index in [0.717, 1.165) is 12.1 Å². The first-order valence-corrected chi connectivity index (χ1v) is 8.78. The van der Waals surface area contributed by atoms with Crippen LogP contribution in [0.15, 0.2) is 30.5 Å². The average Bonchev–Trinajstić information content (AvgIpc) is 2.69. The number of nitrogens with two attached hydrogens (primary N) is 1. The Morgan fingerprint density at radius 2 is 1.86 bits per heavy atom. The number of nitrogens with one attached hydrogen (secondary N) is 1. The Kier molecular flexibility index (Phi) is 5.73. The van der Waals surface area contributed by atoms with Gasteiger partial charge >= 0.3 is 6.18 Å². The smallest absolute Gasteiger partial charge is 0.378 e. The fraction of sp³-hybridized carbons (Fsp3) is 0.316. The number of rotatable bonds is 4. The number of morpholine rings is 1. The zero-order valence-electron chi connectivity index (χ0n) is 15.5. The van der Waals surface area contributed by atoms with Crippen LogP contribution in [0.2, 0.25) is 0 Å². The van der Waals surface area contributed by atoms with E-state index in [0.29, 0.717) is 32.0 Å². The van der Waals surface area contributed by atoms with Gasteiger partial charge in [0.2, 0.25) is 0 Å². The minimum Gasteiger partial charge on any atom is -0.378 e. The van der Waals surface area contributed by atoms with E-state index in [9.17, 15) is 22.8 Å². The molecule has 0 bridgehead atoms. The van der Waals surface area contributed by atoms with Crippen LogP contribution in [0.5, 0.6) is 0 Å². The molecule has 1 aromatic heterocycles. The van der Waals surface area contributed by atoms with Crippen molar-refractivity contribution in [3.63, 3.8) is 0 Å². The molecule has 29 heavy (non-hydrogen) atoms. The molecule has 10 heteroatoms. The second kappa shape index (κ2) is 8.08. The predicted molar refractivity (Wildman–Crippen MR) is 99.9 cm³/mol. The van der Waals surface area contributed by atoms with Gasteiger partial charge in [0.05, 0.1) is 41.9 Å². The van der Waals surface area contributed by atoms with Gasteiger partial charge in [-0.25, -0.2) is 0 Å². The number of halogens is 3. The van der Waals surface area contributed by atoms with Crippen LogP contribution >= 0.6 is 0 Å². The second-order valence-corrected chi connectivity index (χ2v) is 6.54. The summed E-state index contributed by atoms with van der Waals surface area (Å²) in [6.07, 6.45) is -3.31. The number of hydrogen-bond acceptors (Lipinski definition) is 5. The fourth-order valence-corrected chi connectivity index (χ4v) is 2.96. The van der Waals surface area contributed by atoms with Crippen LogP contribution in [0.3, 0.4) is 0 Å². The molecule has 1 aliphatic rings. The van der Waals surface area contributed by atoms with Crippen molar-refractivity contribution in [3.05, 3.63) is 52.8 Å². The van der Waals surface area contributed by atoms with Crippen molar-refractivity contribution in [1.29, 1.82) is 0 Å². The summed E-state index contributed by atoms with van der Waals surface area (Å²) in [5.41, 5.74) is 5.10. The van der Waals surface area contributed by atoms with Crippen LogP contribution in [0, 0.1) is 6.92 Å². The maximum absolute atomic E-state index is 13.4. The second-order valence-electron chi connectivity index (χ2n) is 6.54. The number of hydrogen-bond donors (Lipinski definition) is 2. The van der Waals surface area contributed by atoms with Gasteiger partial charge in [0.15, 0.2) is 0 Å². The number of aromatic nitrogens is 1. The molecule has 1 aromatic carbocycles. The monoisotopic (exact) mass is 408 g/mol. The number of alkyl halides is 3. The van der Waals surface area contributed by atoms with Crippen LogP contribution in [0.25, 0.3) is 0 Å². The summed E-state index contributed by atoms with van der Waals surface area (Å²) in [5, 5.41) is 2.47. The van der Waals surface area contributed by atoms with Gasteiger partial charge in [-0.05, 0) is 31.2 Å². The van der Waals surface area contributed by atoms with Crippen LogP contribution in [-0.2, 0) is 10.9 Å². The van der Waals surface area contributed by atoms with Gasteiger partial charge in [-0.3, -0.25) is 14.6 Å². The number of anilines is 2. The first kappa shape index (κ1) is 20.6. The van der Waals surface area contributed by atoms with Crippen LogP contribution in [-0.4, -0.2) is 43.1 Å². The molecule has 2 heterocycles. The Hall–Kier alpha value is -3.14. The zero-order valence-corrected chi connectivity index (χ0v) is 15.5. The molecule has 1 aliphatic heterocycles. The molecule has 2 aromatic rings. The minimum atomic E-state index is -4.61. The maximum atomic E-state index is 13.4. The molecule has 0 saturated carbocycles. The third kappa shape index (κ3) is 4.83. The third-order valence-electron chi connectivity index (χ3n) is 4.49. The first-order chi connectivity index (χ1) is 13.6. The summed E-state index contributed by atoms with van der Waals surface area (Å²) in [5.74, 6) is -1.48. The lowest BCUT2D eigenvalue weighted by molar-refractivity contribution is -0.137. The normalized spacial score (nSPS) is 14.6. The number of benzene rings is 1. The lowest BCUT2D eigenvalue weighted by Crippen LogP contribution is -2.36. The van der Waals surface area contributed by atoms with Crippen molar-refractivity contribution in [2.45, 2.75) is 13.1 Å². The highest BCUT2D eigenvalue weighted by Gasteiger charge is 2.32. The summed E-state index contributed by atoms with van der Waals surface area (Å²) in [7, 11) is 0. The Morgan fingerprint density at radius 1 is 1.17 bits per heavy atom. The van der Waals surface area contributed by atoms with E-state index >= 15 is 0 Å². The average molecular weight is 408 g/mol. The summed E-state index contributed by atoms with van der Waals surface area (Å²) < 4.78 is 45.3. The molecule has 1 fully saturated rings. The van der Waals surface area contributed by atoms with Crippen molar-refractivity contribution in [3.8, 4) is 0 Å².